The van der Waals surface area contributed by atoms with E-state index in [2.05, 4.69) is 4.72 Å². The second-order valence-corrected chi connectivity index (χ2v) is 7.64. The molecular weight excluding hydrogens is 359 g/mol. The van der Waals surface area contributed by atoms with Crippen molar-refractivity contribution in [2.45, 2.75) is 24.3 Å². The van der Waals surface area contributed by atoms with E-state index in [0.717, 1.165) is 6.42 Å². The van der Waals surface area contributed by atoms with Crippen molar-refractivity contribution in [1.29, 1.82) is 0 Å². The van der Waals surface area contributed by atoms with Gasteiger partial charge in [-0.2, -0.15) is 0 Å². The van der Waals surface area contributed by atoms with E-state index in [1.807, 2.05) is 0 Å². The molecule has 0 aromatic heterocycles. The van der Waals surface area contributed by atoms with E-state index in [1.54, 1.807) is 17.0 Å². The molecule has 1 fully saturated rings. The number of carbonyl (C=O) groups excluding carboxylic acids is 1. The van der Waals surface area contributed by atoms with Crippen LogP contribution in [0.15, 0.2) is 47.4 Å². The van der Waals surface area contributed by atoms with Gasteiger partial charge in [-0.3, -0.25) is 4.79 Å². The standard InChI is InChI=1S/C18H19FN2O4S/c1-25-16-9-8-14(21-10-4-7-18(21)22)11-17(16)26(23,24)20-12-13-5-2-3-6-15(13)19/h2-3,5-6,8-9,11,20H,4,7,10,12H2,1H3. The first-order valence-electron chi connectivity index (χ1n) is 8.14. The first-order chi connectivity index (χ1) is 12.4. The molecule has 0 bridgehead atoms. The zero-order valence-corrected chi connectivity index (χ0v) is 15.1. The summed E-state index contributed by atoms with van der Waals surface area (Å²) in [6.45, 7) is 0.359. The smallest absolute Gasteiger partial charge is 0.244 e. The number of anilines is 1. The first kappa shape index (κ1) is 18.3. The Labute approximate surface area is 151 Å². The minimum absolute atomic E-state index is 0.0437. The number of hydrogen-bond donors (Lipinski definition) is 1. The molecule has 0 unspecified atom stereocenters. The van der Waals surface area contributed by atoms with Crippen LogP contribution in [-0.2, 0) is 21.4 Å². The Hall–Kier alpha value is -2.45. The van der Waals surface area contributed by atoms with Crippen LogP contribution >= 0.6 is 0 Å². The van der Waals surface area contributed by atoms with Crippen LogP contribution < -0.4 is 14.4 Å². The molecule has 0 aliphatic carbocycles. The molecule has 138 valence electrons. The van der Waals surface area contributed by atoms with E-state index >= 15 is 0 Å². The lowest BCUT2D eigenvalue weighted by Gasteiger charge is -2.18. The Morgan fingerprint density at radius 1 is 1.23 bits per heavy atom. The van der Waals surface area contributed by atoms with E-state index in [0.29, 0.717) is 18.7 Å². The van der Waals surface area contributed by atoms with Crippen molar-refractivity contribution in [3.8, 4) is 5.75 Å². The number of amides is 1. The van der Waals surface area contributed by atoms with E-state index in [1.165, 1.54) is 37.4 Å². The van der Waals surface area contributed by atoms with Crippen molar-refractivity contribution in [3.05, 3.63) is 53.8 Å². The molecular formula is C18H19FN2O4S. The fourth-order valence-electron chi connectivity index (χ4n) is 2.86. The molecule has 6 nitrogen and oxygen atoms in total. The maximum atomic E-state index is 13.7. The van der Waals surface area contributed by atoms with Crippen molar-refractivity contribution in [3.63, 3.8) is 0 Å². The maximum absolute atomic E-state index is 13.7. The molecule has 8 heteroatoms. The number of nitrogens with zero attached hydrogens (tertiary/aromatic N) is 1. The summed E-state index contributed by atoms with van der Waals surface area (Å²) < 4.78 is 46.7. The number of benzene rings is 2. The van der Waals surface area contributed by atoms with Gasteiger partial charge in [0.15, 0.2) is 0 Å². The largest absolute Gasteiger partial charge is 0.495 e. The highest BCUT2D eigenvalue weighted by atomic mass is 32.2. The van der Waals surface area contributed by atoms with E-state index in [4.69, 9.17) is 4.74 Å². The average Bonchev–Trinajstić information content (AvgIpc) is 3.06. The van der Waals surface area contributed by atoms with Crippen LogP contribution in [0.5, 0.6) is 5.75 Å². The number of nitrogens with one attached hydrogen (secondary N) is 1. The number of methoxy groups -OCH3 is 1. The summed E-state index contributed by atoms with van der Waals surface area (Å²) in [7, 11) is -2.60. The molecule has 1 heterocycles. The number of halogens is 1. The van der Waals surface area contributed by atoms with E-state index < -0.39 is 15.8 Å². The van der Waals surface area contributed by atoms with Gasteiger partial charge in [-0.15, -0.1) is 0 Å². The Balaban J connectivity index is 1.90. The molecule has 0 spiro atoms. The quantitative estimate of drug-likeness (QED) is 0.838. The highest BCUT2D eigenvalue weighted by Gasteiger charge is 2.26. The highest BCUT2D eigenvalue weighted by Crippen LogP contribution is 2.31. The zero-order chi connectivity index (χ0) is 18.7. The Bertz CT molecular complexity index is 931. The van der Waals surface area contributed by atoms with Gasteiger partial charge in [0, 0.05) is 30.8 Å². The van der Waals surface area contributed by atoms with Crippen LogP contribution in [-0.4, -0.2) is 28.0 Å². The summed E-state index contributed by atoms with van der Waals surface area (Å²) in [6.07, 6.45) is 1.18. The van der Waals surface area contributed by atoms with Crippen molar-refractivity contribution < 1.29 is 22.3 Å². The average molecular weight is 378 g/mol. The Morgan fingerprint density at radius 3 is 2.65 bits per heavy atom. The summed E-state index contributed by atoms with van der Waals surface area (Å²) in [5.41, 5.74) is 0.737. The van der Waals surface area contributed by atoms with Gasteiger partial charge in [0.2, 0.25) is 15.9 Å². The van der Waals surface area contributed by atoms with Crippen molar-refractivity contribution in [2.75, 3.05) is 18.6 Å². The summed E-state index contributed by atoms with van der Waals surface area (Å²) in [4.78, 5) is 13.4. The second kappa shape index (κ2) is 7.43. The predicted molar refractivity (Wildman–Crippen MR) is 95.0 cm³/mol. The number of hydrogen-bond acceptors (Lipinski definition) is 4. The van der Waals surface area contributed by atoms with E-state index in [-0.39, 0.29) is 28.7 Å². The molecule has 1 amide bonds. The lowest BCUT2D eigenvalue weighted by atomic mass is 10.2. The van der Waals surface area contributed by atoms with Gasteiger partial charge in [-0.25, -0.2) is 17.5 Å². The normalized spacial score (nSPS) is 14.7. The van der Waals surface area contributed by atoms with Crippen LogP contribution in [0.2, 0.25) is 0 Å². The van der Waals surface area contributed by atoms with Crippen molar-refractivity contribution in [1.82, 2.24) is 4.72 Å². The van der Waals surface area contributed by atoms with Gasteiger partial charge in [0.25, 0.3) is 0 Å². The summed E-state index contributed by atoms with van der Waals surface area (Å²) in [5, 5.41) is 0. The molecule has 26 heavy (non-hydrogen) atoms. The predicted octanol–water partition coefficient (Wildman–Crippen LogP) is 2.44. The molecule has 1 aliphatic heterocycles. The third kappa shape index (κ3) is 3.71. The molecule has 2 aromatic rings. The highest BCUT2D eigenvalue weighted by molar-refractivity contribution is 7.89. The van der Waals surface area contributed by atoms with Crippen LogP contribution in [0.3, 0.4) is 0 Å². The van der Waals surface area contributed by atoms with Gasteiger partial charge in [-0.05, 0) is 30.7 Å². The van der Waals surface area contributed by atoms with Crippen LogP contribution in [0.1, 0.15) is 18.4 Å². The lowest BCUT2D eigenvalue weighted by molar-refractivity contribution is -0.117. The van der Waals surface area contributed by atoms with Crippen LogP contribution in [0.4, 0.5) is 10.1 Å². The Morgan fingerprint density at radius 2 is 2.00 bits per heavy atom. The zero-order valence-electron chi connectivity index (χ0n) is 14.2. The SMILES string of the molecule is COc1ccc(N2CCCC2=O)cc1S(=O)(=O)NCc1ccccc1F. The van der Waals surface area contributed by atoms with E-state index in [9.17, 15) is 17.6 Å². The molecule has 0 saturated carbocycles. The minimum atomic E-state index is -3.97. The number of rotatable bonds is 6. The minimum Gasteiger partial charge on any atom is -0.495 e. The topological polar surface area (TPSA) is 75.7 Å². The van der Waals surface area contributed by atoms with Gasteiger partial charge in [0.05, 0.1) is 7.11 Å². The third-order valence-corrected chi connectivity index (χ3v) is 5.65. The van der Waals surface area contributed by atoms with Gasteiger partial charge in [-0.1, -0.05) is 18.2 Å². The lowest BCUT2D eigenvalue weighted by Crippen LogP contribution is -2.26. The number of carbonyl (C=O) groups is 1. The van der Waals surface area contributed by atoms with Crippen LogP contribution in [0.25, 0.3) is 0 Å². The number of sulfonamides is 1. The second-order valence-electron chi connectivity index (χ2n) is 5.90. The third-order valence-electron chi connectivity index (χ3n) is 4.23. The fourth-order valence-corrected chi connectivity index (χ4v) is 4.05. The summed E-state index contributed by atoms with van der Waals surface area (Å²) in [5.74, 6) is -0.377. The molecule has 1 N–H and O–H groups in total. The molecule has 1 saturated heterocycles. The summed E-state index contributed by atoms with van der Waals surface area (Å²) in [6, 6.07) is 10.5. The molecule has 0 atom stereocenters. The Kier molecular flexibility index (Phi) is 5.24. The fraction of sp³-hybridized carbons (Fsp3) is 0.278. The van der Waals surface area contributed by atoms with Crippen molar-refractivity contribution >= 4 is 21.6 Å². The van der Waals surface area contributed by atoms with Gasteiger partial charge in [0.1, 0.15) is 16.5 Å². The maximum Gasteiger partial charge on any atom is 0.244 e. The molecule has 1 aliphatic rings. The molecule has 2 aromatic carbocycles. The first-order valence-corrected chi connectivity index (χ1v) is 9.62. The molecule has 0 radical (unpaired) electrons. The van der Waals surface area contributed by atoms with Crippen LogP contribution in [0, 0.1) is 5.82 Å². The van der Waals surface area contributed by atoms with Crippen molar-refractivity contribution in [2.24, 2.45) is 0 Å². The van der Waals surface area contributed by atoms with Gasteiger partial charge >= 0.3 is 0 Å². The number of ether oxygens (including phenoxy) is 1. The summed E-state index contributed by atoms with van der Waals surface area (Å²) >= 11 is 0. The molecule has 3 rings (SSSR count). The van der Waals surface area contributed by atoms with Gasteiger partial charge < -0.3 is 9.64 Å². The monoisotopic (exact) mass is 378 g/mol.